The minimum Gasteiger partial charge on any atom is -0.394 e. The zero-order valence-corrected chi connectivity index (χ0v) is 7.91. The quantitative estimate of drug-likeness (QED) is 0.587. The second kappa shape index (κ2) is 4.33. The van der Waals surface area contributed by atoms with Crippen molar-refractivity contribution in [2.24, 2.45) is 0 Å². The number of aliphatic hydroxyl groups excluding tert-OH is 1. The molecule has 66 valence electrons. The number of aliphatic hydroxyl groups is 1. The third kappa shape index (κ3) is 3.01. The average Bonchev–Trinajstić information content (AvgIpc) is 2.80. The Bertz CT molecular complexity index is 115. The fourth-order valence-corrected chi connectivity index (χ4v) is 1.54. The van der Waals surface area contributed by atoms with E-state index in [2.05, 4.69) is 11.6 Å². The monoisotopic (exact) mass is 175 g/mol. The summed E-state index contributed by atoms with van der Waals surface area (Å²) in [6, 6.07) is 0. The molecular formula is C8H17NOS. The van der Waals surface area contributed by atoms with Crippen LogP contribution in [0.5, 0.6) is 0 Å². The molecule has 1 aliphatic rings. The Labute approximate surface area is 72.8 Å². The van der Waals surface area contributed by atoms with Crippen molar-refractivity contribution in [1.29, 1.82) is 0 Å². The van der Waals surface area contributed by atoms with Crippen molar-refractivity contribution < 1.29 is 5.11 Å². The van der Waals surface area contributed by atoms with Crippen LogP contribution in [-0.4, -0.2) is 35.8 Å². The highest BCUT2D eigenvalue weighted by Crippen LogP contribution is 2.34. The van der Waals surface area contributed by atoms with Crippen LogP contribution in [0.25, 0.3) is 0 Å². The molecule has 0 atom stereocenters. The first-order valence-corrected chi connectivity index (χ1v) is 5.57. The minimum atomic E-state index is 0.137. The van der Waals surface area contributed by atoms with Gasteiger partial charge in [-0.25, -0.2) is 0 Å². The summed E-state index contributed by atoms with van der Waals surface area (Å²) in [5.74, 6) is 1.22. The van der Waals surface area contributed by atoms with Crippen LogP contribution in [-0.2, 0) is 0 Å². The molecule has 0 aliphatic heterocycles. The molecule has 2 N–H and O–H groups in total. The Morgan fingerprint density at radius 2 is 2.27 bits per heavy atom. The Kier molecular flexibility index (Phi) is 3.69. The summed E-state index contributed by atoms with van der Waals surface area (Å²) in [5.41, 5.74) is 0.137. The summed E-state index contributed by atoms with van der Waals surface area (Å²) >= 11 is 1.88. The molecule has 0 spiro atoms. The molecule has 3 heteroatoms. The van der Waals surface area contributed by atoms with Crippen LogP contribution >= 0.6 is 11.8 Å². The van der Waals surface area contributed by atoms with E-state index in [0.717, 1.165) is 19.4 Å². The van der Waals surface area contributed by atoms with E-state index < -0.39 is 0 Å². The molecule has 11 heavy (non-hydrogen) atoms. The highest BCUT2D eigenvalue weighted by Gasteiger charge is 2.40. The Balaban J connectivity index is 1.94. The second-order valence-electron chi connectivity index (χ2n) is 3.21. The third-order valence-corrected chi connectivity index (χ3v) is 2.88. The standard InChI is InChI=1S/C8H17NOS/c1-11-6-2-5-9-8(7-10)3-4-8/h9-10H,2-7H2,1H3. The van der Waals surface area contributed by atoms with Crippen molar-refractivity contribution in [3.63, 3.8) is 0 Å². The SMILES string of the molecule is CSCCCNC1(CO)CC1. The van der Waals surface area contributed by atoms with Gasteiger partial charge in [0.25, 0.3) is 0 Å². The summed E-state index contributed by atoms with van der Waals surface area (Å²) in [5, 5.41) is 12.3. The Hall–Kier alpha value is 0.270. The van der Waals surface area contributed by atoms with Crippen molar-refractivity contribution in [2.45, 2.75) is 24.8 Å². The van der Waals surface area contributed by atoms with Gasteiger partial charge in [0.2, 0.25) is 0 Å². The highest BCUT2D eigenvalue weighted by molar-refractivity contribution is 7.98. The molecule has 0 unspecified atom stereocenters. The Morgan fingerprint density at radius 3 is 2.73 bits per heavy atom. The van der Waals surface area contributed by atoms with Gasteiger partial charge in [-0.1, -0.05) is 0 Å². The third-order valence-electron chi connectivity index (χ3n) is 2.18. The van der Waals surface area contributed by atoms with Gasteiger partial charge in [0.15, 0.2) is 0 Å². The topological polar surface area (TPSA) is 32.3 Å². The van der Waals surface area contributed by atoms with E-state index in [-0.39, 0.29) is 5.54 Å². The number of rotatable bonds is 6. The van der Waals surface area contributed by atoms with Gasteiger partial charge in [-0.15, -0.1) is 0 Å². The van der Waals surface area contributed by atoms with Gasteiger partial charge in [0.1, 0.15) is 0 Å². The maximum Gasteiger partial charge on any atom is 0.0613 e. The molecule has 0 bridgehead atoms. The van der Waals surface area contributed by atoms with E-state index in [1.165, 1.54) is 12.2 Å². The molecule has 0 heterocycles. The molecule has 1 aliphatic carbocycles. The number of hydrogen-bond acceptors (Lipinski definition) is 3. The van der Waals surface area contributed by atoms with Crippen LogP contribution in [0.2, 0.25) is 0 Å². The van der Waals surface area contributed by atoms with E-state index in [4.69, 9.17) is 5.11 Å². The molecule has 2 nitrogen and oxygen atoms in total. The molecular weight excluding hydrogens is 158 g/mol. The van der Waals surface area contributed by atoms with Crippen molar-refractivity contribution in [3.8, 4) is 0 Å². The van der Waals surface area contributed by atoms with E-state index in [1.807, 2.05) is 11.8 Å². The van der Waals surface area contributed by atoms with Gasteiger partial charge in [-0.3, -0.25) is 0 Å². The van der Waals surface area contributed by atoms with Crippen LogP contribution in [0.15, 0.2) is 0 Å². The van der Waals surface area contributed by atoms with Gasteiger partial charge >= 0.3 is 0 Å². The van der Waals surface area contributed by atoms with Gasteiger partial charge in [0.05, 0.1) is 6.61 Å². The average molecular weight is 175 g/mol. The molecule has 1 rings (SSSR count). The Morgan fingerprint density at radius 1 is 1.55 bits per heavy atom. The fourth-order valence-electron chi connectivity index (χ4n) is 1.11. The summed E-state index contributed by atoms with van der Waals surface area (Å²) in [7, 11) is 0. The maximum absolute atomic E-state index is 8.95. The second-order valence-corrected chi connectivity index (χ2v) is 4.20. The molecule has 0 aromatic carbocycles. The first kappa shape index (κ1) is 9.36. The molecule has 0 aromatic rings. The smallest absolute Gasteiger partial charge is 0.0613 e. The van der Waals surface area contributed by atoms with E-state index >= 15 is 0 Å². The van der Waals surface area contributed by atoms with Crippen molar-refractivity contribution in [1.82, 2.24) is 5.32 Å². The number of hydrogen-bond donors (Lipinski definition) is 2. The van der Waals surface area contributed by atoms with E-state index in [9.17, 15) is 0 Å². The van der Waals surface area contributed by atoms with Gasteiger partial charge in [0, 0.05) is 5.54 Å². The number of nitrogens with one attached hydrogen (secondary N) is 1. The normalized spacial score (nSPS) is 20.2. The zero-order valence-electron chi connectivity index (χ0n) is 7.10. The lowest BCUT2D eigenvalue weighted by Crippen LogP contribution is -2.35. The molecule has 1 saturated carbocycles. The zero-order chi connectivity index (χ0) is 8.16. The van der Waals surface area contributed by atoms with Crippen LogP contribution in [0, 0.1) is 0 Å². The van der Waals surface area contributed by atoms with Gasteiger partial charge in [-0.05, 0) is 37.8 Å². The largest absolute Gasteiger partial charge is 0.394 e. The minimum absolute atomic E-state index is 0.137. The first-order valence-electron chi connectivity index (χ1n) is 4.18. The van der Waals surface area contributed by atoms with Crippen molar-refractivity contribution in [3.05, 3.63) is 0 Å². The number of thioether (sulfide) groups is 1. The summed E-state index contributed by atoms with van der Waals surface area (Å²) < 4.78 is 0. The van der Waals surface area contributed by atoms with Gasteiger partial charge in [-0.2, -0.15) is 11.8 Å². The molecule has 0 aromatic heterocycles. The van der Waals surface area contributed by atoms with E-state index in [0.29, 0.717) is 6.61 Å². The lowest BCUT2D eigenvalue weighted by molar-refractivity contribution is 0.231. The maximum atomic E-state index is 8.95. The fraction of sp³-hybridized carbons (Fsp3) is 1.00. The van der Waals surface area contributed by atoms with Crippen LogP contribution in [0.3, 0.4) is 0 Å². The first-order chi connectivity index (χ1) is 5.33. The predicted octanol–water partition coefficient (Wildman–Crippen LogP) is 0.854. The van der Waals surface area contributed by atoms with Gasteiger partial charge < -0.3 is 10.4 Å². The predicted molar refractivity (Wildman–Crippen MR) is 50.1 cm³/mol. The summed E-state index contributed by atoms with van der Waals surface area (Å²) in [6.45, 7) is 1.37. The van der Waals surface area contributed by atoms with Crippen molar-refractivity contribution in [2.75, 3.05) is 25.2 Å². The molecule has 0 saturated heterocycles. The summed E-state index contributed by atoms with van der Waals surface area (Å²) in [6.07, 6.45) is 5.65. The van der Waals surface area contributed by atoms with Crippen LogP contribution in [0.4, 0.5) is 0 Å². The lowest BCUT2D eigenvalue weighted by atomic mass is 10.3. The molecule has 0 radical (unpaired) electrons. The van der Waals surface area contributed by atoms with Crippen LogP contribution < -0.4 is 5.32 Å². The lowest BCUT2D eigenvalue weighted by Gasteiger charge is -2.13. The molecule has 0 amide bonds. The van der Waals surface area contributed by atoms with Crippen LogP contribution in [0.1, 0.15) is 19.3 Å². The van der Waals surface area contributed by atoms with E-state index in [1.54, 1.807) is 0 Å². The van der Waals surface area contributed by atoms with Crippen molar-refractivity contribution >= 4 is 11.8 Å². The molecule has 1 fully saturated rings. The highest BCUT2D eigenvalue weighted by atomic mass is 32.2. The summed E-state index contributed by atoms with van der Waals surface area (Å²) in [4.78, 5) is 0.